The average molecular weight is 591 g/mol. The molecule has 2 heteroatoms. The van der Waals surface area contributed by atoms with Crippen LogP contribution in [0, 0.1) is 0 Å². The van der Waals surface area contributed by atoms with Crippen LogP contribution >= 0.6 is 0 Å². The highest BCUT2D eigenvalue weighted by molar-refractivity contribution is 5.73. The molecule has 9 rings (SSSR count). The van der Waals surface area contributed by atoms with Gasteiger partial charge < -0.3 is 9.47 Å². The minimum atomic E-state index is -0.620. The van der Waals surface area contributed by atoms with Gasteiger partial charge in [-0.1, -0.05) is 158 Å². The second-order valence-corrected chi connectivity index (χ2v) is 12.0. The highest BCUT2D eigenvalue weighted by atomic mass is 16.5. The first kappa shape index (κ1) is 26.5. The van der Waals surface area contributed by atoms with Crippen molar-refractivity contribution in [2.45, 2.75) is 10.8 Å². The van der Waals surface area contributed by atoms with Gasteiger partial charge in [0, 0.05) is 22.3 Å². The van der Waals surface area contributed by atoms with Gasteiger partial charge in [0.2, 0.25) is 0 Å². The van der Waals surface area contributed by atoms with Crippen LogP contribution in [0.25, 0.3) is 0 Å². The summed E-state index contributed by atoms with van der Waals surface area (Å²) in [4.78, 5) is 0. The van der Waals surface area contributed by atoms with E-state index in [4.69, 9.17) is 9.47 Å². The van der Waals surface area contributed by atoms with Crippen molar-refractivity contribution >= 4 is 0 Å². The van der Waals surface area contributed by atoms with Gasteiger partial charge in [0.15, 0.2) is 0 Å². The second-order valence-electron chi connectivity index (χ2n) is 12.0. The lowest BCUT2D eigenvalue weighted by Crippen LogP contribution is -2.36. The van der Waals surface area contributed by atoms with E-state index in [9.17, 15) is 0 Å². The first-order chi connectivity index (χ1) is 22.8. The molecule has 0 aromatic heterocycles. The largest absolute Gasteiger partial charge is 0.457 e. The number of fused-ring (bicyclic) bond motifs is 4. The average Bonchev–Trinajstić information content (AvgIpc) is 3.13. The molecule has 0 unspecified atom stereocenters. The van der Waals surface area contributed by atoms with E-state index >= 15 is 0 Å². The normalized spacial score (nSPS) is 14.8. The maximum Gasteiger partial charge on any atom is 0.132 e. The summed E-state index contributed by atoms with van der Waals surface area (Å²) in [5.74, 6) is 3.48. The Morgan fingerprint density at radius 3 is 0.891 bits per heavy atom. The third-order valence-electron chi connectivity index (χ3n) is 9.75. The van der Waals surface area contributed by atoms with Crippen molar-refractivity contribution in [3.63, 3.8) is 0 Å². The molecule has 0 spiro atoms. The van der Waals surface area contributed by atoms with Crippen LogP contribution in [0.2, 0.25) is 0 Å². The molecule has 0 saturated heterocycles. The van der Waals surface area contributed by atoms with Crippen LogP contribution in [0.5, 0.6) is 23.0 Å². The lowest BCUT2D eigenvalue weighted by atomic mass is 9.60. The van der Waals surface area contributed by atoms with E-state index in [2.05, 4.69) is 182 Å². The Morgan fingerprint density at radius 1 is 0.261 bits per heavy atom. The van der Waals surface area contributed by atoms with E-state index in [0.29, 0.717) is 0 Å². The van der Waals surface area contributed by atoms with Crippen molar-refractivity contribution in [1.29, 1.82) is 0 Å². The lowest BCUT2D eigenvalue weighted by molar-refractivity contribution is 0.432. The first-order valence-corrected chi connectivity index (χ1v) is 15.8. The van der Waals surface area contributed by atoms with E-state index < -0.39 is 10.8 Å². The van der Waals surface area contributed by atoms with Gasteiger partial charge in [0.05, 0.1) is 10.8 Å². The van der Waals surface area contributed by atoms with Gasteiger partial charge in [-0.05, 0) is 46.5 Å². The highest BCUT2D eigenvalue weighted by Crippen LogP contribution is 2.58. The summed E-state index contributed by atoms with van der Waals surface area (Å²) < 4.78 is 13.2. The van der Waals surface area contributed by atoms with Gasteiger partial charge >= 0.3 is 0 Å². The van der Waals surface area contributed by atoms with Crippen molar-refractivity contribution in [2.24, 2.45) is 0 Å². The molecule has 0 radical (unpaired) electrons. The van der Waals surface area contributed by atoms with Gasteiger partial charge in [-0.2, -0.15) is 0 Å². The number of rotatable bonds is 4. The Morgan fingerprint density at radius 2 is 0.543 bits per heavy atom. The van der Waals surface area contributed by atoms with Crippen LogP contribution in [0.3, 0.4) is 0 Å². The van der Waals surface area contributed by atoms with E-state index in [1.54, 1.807) is 0 Å². The van der Waals surface area contributed by atoms with Crippen molar-refractivity contribution < 1.29 is 9.47 Å². The summed E-state index contributed by atoms with van der Waals surface area (Å²) in [7, 11) is 0. The zero-order valence-electron chi connectivity index (χ0n) is 25.1. The molecular weight excluding hydrogens is 560 g/mol. The first-order valence-electron chi connectivity index (χ1n) is 15.8. The molecule has 7 aromatic rings. The van der Waals surface area contributed by atoms with Gasteiger partial charge in [0.1, 0.15) is 23.0 Å². The van der Waals surface area contributed by atoms with Crippen LogP contribution in [-0.4, -0.2) is 0 Å². The summed E-state index contributed by atoms with van der Waals surface area (Å²) in [6.07, 6.45) is 0. The second kappa shape index (κ2) is 10.4. The number of para-hydroxylation sites is 4. The van der Waals surface area contributed by atoms with E-state index in [-0.39, 0.29) is 0 Å². The quantitative estimate of drug-likeness (QED) is 0.203. The molecule has 7 aromatic carbocycles. The molecule has 2 aliphatic heterocycles. The molecule has 0 aliphatic carbocycles. The minimum absolute atomic E-state index is 0.620. The predicted octanol–water partition coefficient (Wildman–Crippen LogP) is 10.7. The Kier molecular flexibility index (Phi) is 5.97. The molecule has 0 fully saturated rings. The molecular formula is C44H30O2. The Bertz CT molecular complexity index is 1970. The number of benzene rings is 7. The molecule has 0 N–H and O–H groups in total. The number of ether oxygens (including phenoxy) is 2. The maximum atomic E-state index is 6.59. The molecule has 0 saturated carbocycles. The summed E-state index contributed by atoms with van der Waals surface area (Å²) in [5.41, 5.74) is 7.99. The Hall–Kier alpha value is -5.86. The zero-order chi connectivity index (χ0) is 30.6. The third-order valence-corrected chi connectivity index (χ3v) is 9.75. The lowest BCUT2D eigenvalue weighted by Gasteiger charge is -2.44. The van der Waals surface area contributed by atoms with Crippen molar-refractivity contribution in [1.82, 2.24) is 0 Å². The summed E-state index contributed by atoms with van der Waals surface area (Å²) >= 11 is 0. The fraction of sp³-hybridized carbons (Fsp3) is 0.0455. The molecule has 2 heterocycles. The van der Waals surface area contributed by atoms with E-state index in [1.165, 1.54) is 22.3 Å². The smallest absolute Gasteiger partial charge is 0.132 e. The summed E-state index contributed by atoms with van der Waals surface area (Å²) in [6.45, 7) is 0. The third kappa shape index (κ3) is 3.64. The van der Waals surface area contributed by atoms with Crippen molar-refractivity contribution in [3.8, 4) is 23.0 Å². The van der Waals surface area contributed by atoms with Crippen molar-refractivity contribution in [2.75, 3.05) is 0 Å². The number of hydrogen-bond donors (Lipinski definition) is 0. The summed E-state index contributed by atoms with van der Waals surface area (Å²) in [6, 6.07) is 64.9. The van der Waals surface area contributed by atoms with Crippen LogP contribution in [0.4, 0.5) is 0 Å². The van der Waals surface area contributed by atoms with Crippen LogP contribution < -0.4 is 9.47 Å². The standard InChI is InChI=1S/C44H30O2/c1-3-16-31(17-4-1)43(35-22-7-11-26-39(35)45-40-27-12-8-23-36(40)43)33-20-15-21-34(30-33)44(32-18-5-2-6-19-32)37-24-9-13-28-41(37)46-42-29-14-10-25-38(42)44/h1-30H. The van der Waals surface area contributed by atoms with Crippen LogP contribution in [0.15, 0.2) is 182 Å². The fourth-order valence-electron chi connectivity index (χ4n) is 7.93. The van der Waals surface area contributed by atoms with Gasteiger partial charge in [-0.15, -0.1) is 0 Å². The highest BCUT2D eigenvalue weighted by Gasteiger charge is 2.48. The van der Waals surface area contributed by atoms with E-state index in [0.717, 1.165) is 45.3 Å². The maximum absolute atomic E-state index is 6.59. The molecule has 46 heavy (non-hydrogen) atoms. The van der Waals surface area contributed by atoms with Crippen LogP contribution in [0.1, 0.15) is 44.5 Å². The monoisotopic (exact) mass is 590 g/mol. The molecule has 0 amide bonds. The van der Waals surface area contributed by atoms with Crippen molar-refractivity contribution in [3.05, 3.63) is 226 Å². The van der Waals surface area contributed by atoms with E-state index in [1.807, 2.05) is 0 Å². The molecule has 2 nitrogen and oxygen atoms in total. The summed E-state index contributed by atoms with van der Waals surface area (Å²) in [5, 5.41) is 0. The van der Waals surface area contributed by atoms with Gasteiger partial charge in [-0.25, -0.2) is 0 Å². The van der Waals surface area contributed by atoms with Gasteiger partial charge in [0.25, 0.3) is 0 Å². The predicted molar refractivity (Wildman–Crippen MR) is 183 cm³/mol. The SMILES string of the molecule is c1ccc(C2(c3cccc(C4(c5ccccc5)c5ccccc5Oc5ccccc54)c3)c3ccccc3Oc3ccccc32)cc1. The molecule has 2 aliphatic rings. The fourth-order valence-corrected chi connectivity index (χ4v) is 7.93. The number of hydrogen-bond acceptors (Lipinski definition) is 2. The zero-order valence-corrected chi connectivity index (χ0v) is 25.1. The topological polar surface area (TPSA) is 18.5 Å². The molecule has 218 valence electrons. The Labute approximate surface area is 269 Å². The van der Waals surface area contributed by atoms with Gasteiger partial charge in [-0.3, -0.25) is 0 Å². The van der Waals surface area contributed by atoms with Crippen LogP contribution in [-0.2, 0) is 10.8 Å². The minimum Gasteiger partial charge on any atom is -0.457 e. The molecule has 0 bridgehead atoms. The Balaban J connectivity index is 1.42. The molecule has 0 atom stereocenters.